The number of hydrogen-bond donors (Lipinski definition) is 5. The fourth-order valence-corrected chi connectivity index (χ4v) is 9.95. The predicted molar refractivity (Wildman–Crippen MR) is 249 cm³/mol. The minimum absolute atomic E-state index is 0.0858. The first-order chi connectivity index (χ1) is 30.7. The molecule has 3 fully saturated rings. The molecule has 0 aromatic carbocycles. The zero-order valence-electron chi connectivity index (χ0n) is 40.9. The van der Waals surface area contributed by atoms with Crippen LogP contribution in [0.1, 0.15) is 132 Å². The number of methoxy groups -OCH3 is 3. The lowest BCUT2D eigenvalue weighted by atomic mass is 9.79. The highest BCUT2D eigenvalue weighted by molar-refractivity contribution is 6.39. The van der Waals surface area contributed by atoms with E-state index in [1.165, 1.54) is 7.11 Å². The van der Waals surface area contributed by atoms with Crippen molar-refractivity contribution in [2.75, 3.05) is 27.9 Å². The van der Waals surface area contributed by atoms with Crippen LogP contribution in [-0.2, 0) is 38.1 Å². The molecule has 2 heterocycles. The van der Waals surface area contributed by atoms with Crippen molar-refractivity contribution in [1.82, 2.24) is 4.90 Å². The number of amides is 1. The molecule has 0 spiro atoms. The summed E-state index contributed by atoms with van der Waals surface area (Å²) in [5.41, 5.74) is 1.46. The number of aliphatic hydroxyl groups excluding tert-OH is 3. The molecule has 3 aliphatic rings. The second-order valence-corrected chi connectivity index (χ2v) is 19.6. The summed E-state index contributed by atoms with van der Waals surface area (Å²) in [4.78, 5) is 52.7. The summed E-state index contributed by atoms with van der Waals surface area (Å²) in [7, 11) is 4.68. The summed E-state index contributed by atoms with van der Waals surface area (Å²) in [6, 6.07) is -1.11. The van der Waals surface area contributed by atoms with Gasteiger partial charge in [0.15, 0.2) is 0 Å². The second-order valence-electron chi connectivity index (χ2n) is 19.6. The average molecular weight is 918 g/mol. The molecule has 0 radical (unpaired) electrons. The van der Waals surface area contributed by atoms with Gasteiger partial charge >= 0.3 is 5.97 Å². The highest BCUT2D eigenvalue weighted by atomic mass is 16.6. The van der Waals surface area contributed by atoms with Gasteiger partial charge in [-0.05, 0) is 119 Å². The Kier molecular flexibility index (Phi) is 23.4. The van der Waals surface area contributed by atoms with Gasteiger partial charge in [0.2, 0.25) is 5.79 Å². The summed E-state index contributed by atoms with van der Waals surface area (Å²) in [6.45, 7) is 13.4. The van der Waals surface area contributed by atoms with E-state index in [4.69, 9.17) is 18.9 Å². The number of carbonyl (C=O) groups excluding carboxylic acids is 3. The summed E-state index contributed by atoms with van der Waals surface area (Å²) in [5.74, 6) is -5.96. The number of allylic oxidation sites excluding steroid dienone is 6. The molecular weight excluding hydrogens is 835 g/mol. The van der Waals surface area contributed by atoms with Gasteiger partial charge in [-0.3, -0.25) is 14.4 Å². The molecule has 5 N–H and O–H groups in total. The first-order valence-electron chi connectivity index (χ1n) is 24.0. The Hall–Kier alpha value is -3.08. The van der Waals surface area contributed by atoms with Crippen LogP contribution in [0.15, 0.2) is 47.6 Å². The number of carboxylic acids is 1. The van der Waals surface area contributed by atoms with E-state index >= 15 is 0 Å². The molecule has 1 saturated carbocycles. The van der Waals surface area contributed by atoms with E-state index in [1.54, 1.807) is 34.1 Å². The lowest BCUT2D eigenvalue weighted by Gasteiger charge is -2.42. The fourth-order valence-electron chi connectivity index (χ4n) is 9.95. The van der Waals surface area contributed by atoms with E-state index < -0.39 is 77.9 Å². The lowest BCUT2D eigenvalue weighted by molar-refractivity contribution is -0.265. The van der Waals surface area contributed by atoms with Gasteiger partial charge in [-0.1, -0.05) is 71.1 Å². The van der Waals surface area contributed by atoms with Crippen LogP contribution in [0.2, 0.25) is 0 Å². The van der Waals surface area contributed by atoms with Crippen molar-refractivity contribution in [2.24, 2.45) is 35.5 Å². The first kappa shape index (κ1) is 56.2. The Morgan fingerprint density at radius 2 is 1.60 bits per heavy atom. The van der Waals surface area contributed by atoms with Crippen molar-refractivity contribution in [2.45, 2.75) is 186 Å². The number of hydrogen-bond acceptors (Lipinski definition) is 12. The number of Topliss-reactive ketones (excluding diaryl/α,β-unsaturated/α-hetero) is 2. The number of aliphatic carboxylic acids is 1. The average Bonchev–Trinajstić information content (AvgIpc) is 3.28. The maximum Gasteiger partial charge on any atom is 0.326 e. The molecule has 1 aliphatic carbocycles. The Bertz CT molecular complexity index is 1660. The molecule has 0 unspecified atom stereocenters. The number of aliphatic hydroxyl groups is 4. The molecule has 2 saturated heterocycles. The smallest absolute Gasteiger partial charge is 0.326 e. The van der Waals surface area contributed by atoms with E-state index in [0.717, 1.165) is 42.6 Å². The van der Waals surface area contributed by atoms with E-state index in [2.05, 4.69) is 6.92 Å². The van der Waals surface area contributed by atoms with Crippen molar-refractivity contribution in [3.05, 3.63) is 47.6 Å². The molecule has 1 amide bonds. The highest BCUT2D eigenvalue weighted by Gasteiger charge is 2.52. The zero-order valence-corrected chi connectivity index (χ0v) is 40.9. The van der Waals surface area contributed by atoms with E-state index in [9.17, 15) is 44.7 Å². The minimum atomic E-state index is -2.37. The highest BCUT2D eigenvalue weighted by Crippen LogP contribution is 2.37. The molecular formula is C51H83NO13. The third-order valence-corrected chi connectivity index (χ3v) is 14.3. The van der Waals surface area contributed by atoms with E-state index in [1.807, 2.05) is 58.1 Å². The third-order valence-electron chi connectivity index (χ3n) is 14.3. The van der Waals surface area contributed by atoms with Crippen LogP contribution in [0.3, 0.4) is 0 Å². The molecule has 0 aromatic heterocycles. The van der Waals surface area contributed by atoms with Gasteiger partial charge in [-0.15, -0.1) is 0 Å². The number of carbonyl (C=O) groups is 4. The Balaban J connectivity index is 1.49. The van der Waals surface area contributed by atoms with Gasteiger partial charge in [0.1, 0.15) is 24.0 Å². The van der Waals surface area contributed by atoms with Crippen molar-refractivity contribution < 1.29 is 63.7 Å². The fraction of sp³-hybridized carbons (Fsp3) is 0.765. The number of piperidine rings is 1. The molecule has 14 nitrogen and oxygen atoms in total. The van der Waals surface area contributed by atoms with Crippen LogP contribution >= 0.6 is 0 Å². The van der Waals surface area contributed by atoms with Crippen LogP contribution in [0.4, 0.5) is 0 Å². The largest absolute Gasteiger partial charge is 0.480 e. The van der Waals surface area contributed by atoms with Crippen molar-refractivity contribution in [3.63, 3.8) is 0 Å². The van der Waals surface area contributed by atoms with E-state index in [0.29, 0.717) is 62.4 Å². The van der Waals surface area contributed by atoms with Gasteiger partial charge in [-0.25, -0.2) is 4.79 Å². The molecule has 370 valence electrons. The molecule has 14 heteroatoms. The predicted octanol–water partition coefficient (Wildman–Crippen LogP) is 6.52. The summed E-state index contributed by atoms with van der Waals surface area (Å²) in [5, 5.41) is 53.8. The van der Waals surface area contributed by atoms with Crippen molar-refractivity contribution in [3.8, 4) is 0 Å². The zero-order chi connectivity index (χ0) is 48.6. The number of rotatable bonds is 25. The van der Waals surface area contributed by atoms with E-state index in [-0.39, 0.29) is 36.7 Å². The minimum Gasteiger partial charge on any atom is -0.480 e. The van der Waals surface area contributed by atoms with Gasteiger partial charge in [0, 0.05) is 52.6 Å². The van der Waals surface area contributed by atoms with Gasteiger partial charge in [0.25, 0.3) is 11.7 Å². The van der Waals surface area contributed by atoms with Crippen LogP contribution < -0.4 is 0 Å². The Morgan fingerprint density at radius 3 is 2.25 bits per heavy atom. The monoisotopic (exact) mass is 918 g/mol. The molecule has 0 aromatic rings. The SMILES string of the molecule is CO[C@@H]([C@@H](O)[C@H](C)C[C@H](C)/C=C/C=C/C=C(\C)[C@H](C[C@@H]1CC[C@@H](C)[C@](O)(C(=O)C(=O)N2CCCC[C@H]2C(=O)O)O1)OC)[C@H](O)/C(C)=C/[C@@H](C)C(=O)CC[C@H](C)C[C@@H]1CC[C@@H](O)[C@H](OC)C1. The number of likely N-dealkylation sites (tertiary alicyclic amines) is 1. The third kappa shape index (κ3) is 16.3. The van der Waals surface area contributed by atoms with Crippen LogP contribution in [-0.4, -0.2) is 136 Å². The summed E-state index contributed by atoms with van der Waals surface area (Å²) >= 11 is 0. The van der Waals surface area contributed by atoms with Gasteiger partial charge < -0.3 is 49.4 Å². The van der Waals surface area contributed by atoms with Crippen molar-refractivity contribution in [1.29, 1.82) is 0 Å². The normalized spacial score (nSPS) is 29.8. The van der Waals surface area contributed by atoms with Crippen LogP contribution in [0.25, 0.3) is 0 Å². The van der Waals surface area contributed by atoms with Crippen LogP contribution in [0.5, 0.6) is 0 Å². The molecule has 3 rings (SSSR count). The topological polar surface area (TPSA) is 210 Å². The maximum absolute atomic E-state index is 13.4. The Labute approximate surface area is 388 Å². The molecule has 2 aliphatic heterocycles. The maximum atomic E-state index is 13.4. The second kappa shape index (κ2) is 27.1. The first-order valence-corrected chi connectivity index (χ1v) is 24.0. The number of carboxylic acid groups (broad SMARTS) is 1. The molecule has 0 bridgehead atoms. The number of ketones is 2. The van der Waals surface area contributed by atoms with Crippen molar-refractivity contribution >= 4 is 23.4 Å². The van der Waals surface area contributed by atoms with Crippen LogP contribution in [0, 0.1) is 35.5 Å². The lowest BCUT2D eigenvalue weighted by Crippen LogP contribution is -2.60. The Morgan fingerprint density at radius 1 is 0.892 bits per heavy atom. The quantitative estimate of drug-likeness (QED) is 0.0376. The summed E-state index contributed by atoms with van der Waals surface area (Å²) < 4.78 is 22.8. The van der Waals surface area contributed by atoms with Gasteiger partial charge in [0.05, 0.1) is 30.5 Å². The number of ether oxygens (including phenoxy) is 4. The standard InChI is InChI=1S/C51H83NO13/c1-31(26-35(5)45(55)47(64-10)46(56)36(6)28-34(4)41(53)23-19-32(2)27-38-21-24-42(54)44(29-38)63-9)16-12-11-13-17-33(3)43(62-8)30-39-22-20-37(7)51(61,65-39)48(57)49(58)52-25-15-14-18-40(52)50(59)60/h11-13,16-17,28,31-32,34-35,37-40,42-47,54-56,61H,14-15,18-27,29-30H2,1-10H3,(H,59,60)/b13-11+,16-12+,33-17+,36-28+/t31-,32+,34-,35-,37-,38+,39+,40+,42-,43+,44-,45+,46-,47+,51-/m1/s1. The summed E-state index contributed by atoms with van der Waals surface area (Å²) in [6.07, 6.45) is 15.1. The number of nitrogens with zero attached hydrogens (tertiary/aromatic N) is 1. The molecule has 15 atom stereocenters. The molecule has 65 heavy (non-hydrogen) atoms. The van der Waals surface area contributed by atoms with Gasteiger partial charge in [-0.2, -0.15) is 0 Å².